The molecule has 0 saturated heterocycles. The van der Waals surface area contributed by atoms with Gasteiger partial charge in [0.15, 0.2) is 0 Å². The maximum Gasteiger partial charge on any atom is 0.255 e. The van der Waals surface area contributed by atoms with E-state index in [0.717, 1.165) is 17.9 Å². The molecule has 1 amide bonds. The molecule has 0 saturated carbocycles. The Morgan fingerprint density at radius 1 is 1.14 bits per heavy atom. The summed E-state index contributed by atoms with van der Waals surface area (Å²) in [6.45, 7) is 4.31. The molecule has 0 bridgehead atoms. The topological polar surface area (TPSA) is 38.3 Å². The zero-order valence-corrected chi connectivity index (χ0v) is 12.7. The summed E-state index contributed by atoms with van der Waals surface area (Å²) in [5.74, 6) is 1.05. The Balaban J connectivity index is 2.19. The first-order chi connectivity index (χ1) is 10.2. The predicted octanol–water partition coefficient (Wildman–Crippen LogP) is 4.46. The van der Waals surface area contributed by atoms with Crippen molar-refractivity contribution in [2.75, 3.05) is 12.4 Å². The fourth-order valence-electron chi connectivity index (χ4n) is 2.20. The molecule has 2 aromatic rings. The number of carbonyl (C=O) groups excluding carboxylic acids is 1. The molecule has 3 heteroatoms. The lowest BCUT2D eigenvalue weighted by atomic mass is 9.97. The van der Waals surface area contributed by atoms with Crippen molar-refractivity contribution in [3.05, 3.63) is 59.7 Å². The van der Waals surface area contributed by atoms with Crippen LogP contribution in [0.5, 0.6) is 5.75 Å². The molecule has 1 atom stereocenters. The van der Waals surface area contributed by atoms with E-state index in [0.29, 0.717) is 11.5 Å². The van der Waals surface area contributed by atoms with E-state index in [1.165, 1.54) is 5.56 Å². The summed E-state index contributed by atoms with van der Waals surface area (Å²) in [7, 11) is 1.61. The summed E-state index contributed by atoms with van der Waals surface area (Å²) < 4.78 is 5.10. The predicted molar refractivity (Wildman–Crippen MR) is 86.1 cm³/mol. The molecule has 0 aromatic heterocycles. The molecular weight excluding hydrogens is 262 g/mol. The first kappa shape index (κ1) is 15.1. The van der Waals surface area contributed by atoms with E-state index >= 15 is 0 Å². The Kier molecular flexibility index (Phi) is 4.99. The van der Waals surface area contributed by atoms with Crippen LogP contribution in [0.1, 0.15) is 42.1 Å². The van der Waals surface area contributed by atoms with Crippen molar-refractivity contribution in [3.8, 4) is 5.75 Å². The molecule has 2 rings (SSSR count). The third-order valence-electron chi connectivity index (χ3n) is 3.70. The number of para-hydroxylation sites is 1. The van der Waals surface area contributed by atoms with Crippen LogP contribution in [0.2, 0.25) is 0 Å². The van der Waals surface area contributed by atoms with E-state index in [2.05, 4.69) is 25.2 Å². The van der Waals surface area contributed by atoms with Gasteiger partial charge in [0.2, 0.25) is 0 Å². The Bertz CT molecular complexity index is 605. The number of benzene rings is 2. The highest BCUT2D eigenvalue weighted by molar-refractivity contribution is 6.04. The number of hydrogen-bond acceptors (Lipinski definition) is 2. The van der Waals surface area contributed by atoms with E-state index in [-0.39, 0.29) is 5.91 Å². The molecule has 0 aliphatic rings. The monoisotopic (exact) mass is 283 g/mol. The van der Waals surface area contributed by atoms with Gasteiger partial charge in [-0.25, -0.2) is 0 Å². The van der Waals surface area contributed by atoms with Crippen molar-refractivity contribution in [1.82, 2.24) is 0 Å². The van der Waals surface area contributed by atoms with Gasteiger partial charge in [-0.1, -0.05) is 32.0 Å². The van der Waals surface area contributed by atoms with Crippen LogP contribution in [0.25, 0.3) is 0 Å². The maximum atomic E-state index is 12.3. The maximum absolute atomic E-state index is 12.3. The fraction of sp³-hybridized carbons (Fsp3) is 0.278. The third-order valence-corrected chi connectivity index (χ3v) is 3.70. The first-order valence-electron chi connectivity index (χ1n) is 7.20. The highest BCUT2D eigenvalue weighted by atomic mass is 16.5. The average Bonchev–Trinajstić information content (AvgIpc) is 2.54. The zero-order valence-electron chi connectivity index (χ0n) is 12.7. The molecule has 0 spiro atoms. The van der Waals surface area contributed by atoms with E-state index in [1.807, 2.05) is 18.2 Å². The normalized spacial score (nSPS) is 11.8. The van der Waals surface area contributed by atoms with Crippen LogP contribution in [0.3, 0.4) is 0 Å². The van der Waals surface area contributed by atoms with Crippen LogP contribution in [0.4, 0.5) is 5.69 Å². The number of carbonyl (C=O) groups is 1. The Labute approximate surface area is 126 Å². The summed E-state index contributed by atoms with van der Waals surface area (Å²) in [5.41, 5.74) is 2.67. The molecule has 2 aromatic carbocycles. The zero-order chi connectivity index (χ0) is 15.2. The highest BCUT2D eigenvalue weighted by Crippen LogP contribution is 2.27. The first-order valence-corrected chi connectivity index (χ1v) is 7.20. The van der Waals surface area contributed by atoms with Crippen molar-refractivity contribution in [3.63, 3.8) is 0 Å². The van der Waals surface area contributed by atoms with Crippen LogP contribution in [-0.4, -0.2) is 13.0 Å². The van der Waals surface area contributed by atoms with E-state index < -0.39 is 0 Å². The largest absolute Gasteiger partial charge is 0.497 e. The molecule has 0 aliphatic heterocycles. The highest BCUT2D eigenvalue weighted by Gasteiger charge is 2.12. The van der Waals surface area contributed by atoms with E-state index in [1.54, 1.807) is 31.4 Å². The van der Waals surface area contributed by atoms with E-state index in [4.69, 9.17) is 4.74 Å². The Hall–Kier alpha value is -2.29. The van der Waals surface area contributed by atoms with Crippen molar-refractivity contribution < 1.29 is 9.53 Å². The molecule has 1 N–H and O–H groups in total. The SMILES string of the molecule is CC[C@H](C)c1ccccc1NC(=O)c1ccc(OC)cc1. The number of ether oxygens (including phenoxy) is 1. The summed E-state index contributed by atoms with van der Waals surface area (Å²) >= 11 is 0. The second-order valence-corrected chi connectivity index (χ2v) is 5.08. The van der Waals surface area contributed by atoms with E-state index in [9.17, 15) is 4.79 Å². The molecule has 21 heavy (non-hydrogen) atoms. The third kappa shape index (κ3) is 3.63. The number of amides is 1. The van der Waals surface area contributed by atoms with Gasteiger partial charge in [-0.3, -0.25) is 4.79 Å². The minimum atomic E-state index is -0.103. The van der Waals surface area contributed by atoms with Crippen LogP contribution in [0.15, 0.2) is 48.5 Å². The van der Waals surface area contributed by atoms with Crippen molar-refractivity contribution in [1.29, 1.82) is 0 Å². The molecule has 0 fully saturated rings. The number of anilines is 1. The van der Waals surface area contributed by atoms with Crippen molar-refractivity contribution in [2.45, 2.75) is 26.2 Å². The molecule has 0 radical (unpaired) electrons. The van der Waals surface area contributed by atoms with Gasteiger partial charge >= 0.3 is 0 Å². The van der Waals surface area contributed by atoms with Gasteiger partial charge in [0.05, 0.1) is 7.11 Å². The number of methoxy groups -OCH3 is 1. The van der Waals surface area contributed by atoms with Gasteiger partial charge in [0, 0.05) is 11.3 Å². The fourth-order valence-corrected chi connectivity index (χ4v) is 2.20. The van der Waals surface area contributed by atoms with Crippen LogP contribution < -0.4 is 10.1 Å². The van der Waals surface area contributed by atoms with Gasteiger partial charge in [-0.15, -0.1) is 0 Å². The van der Waals surface area contributed by atoms with Crippen molar-refractivity contribution >= 4 is 11.6 Å². The summed E-state index contributed by atoms with van der Waals surface area (Å²) in [6, 6.07) is 15.1. The molecule has 0 aliphatic carbocycles. The van der Waals surface area contributed by atoms with Crippen LogP contribution >= 0.6 is 0 Å². The molecule has 0 unspecified atom stereocenters. The second kappa shape index (κ2) is 6.93. The number of hydrogen-bond donors (Lipinski definition) is 1. The Morgan fingerprint density at radius 3 is 2.43 bits per heavy atom. The number of rotatable bonds is 5. The standard InChI is InChI=1S/C18H21NO2/c1-4-13(2)16-7-5-6-8-17(16)19-18(20)14-9-11-15(21-3)12-10-14/h5-13H,4H2,1-3H3,(H,19,20)/t13-/m0/s1. The van der Waals surface area contributed by atoms with Gasteiger partial charge in [0.25, 0.3) is 5.91 Å². The summed E-state index contributed by atoms with van der Waals surface area (Å²) in [4.78, 5) is 12.3. The summed E-state index contributed by atoms with van der Waals surface area (Å²) in [6.07, 6.45) is 1.04. The second-order valence-electron chi connectivity index (χ2n) is 5.08. The van der Waals surface area contributed by atoms with Gasteiger partial charge in [-0.05, 0) is 48.2 Å². The summed E-state index contributed by atoms with van der Waals surface area (Å²) in [5, 5.41) is 3.00. The molecular formula is C18H21NO2. The van der Waals surface area contributed by atoms with Gasteiger partial charge in [0.1, 0.15) is 5.75 Å². The molecule has 3 nitrogen and oxygen atoms in total. The van der Waals surface area contributed by atoms with Crippen LogP contribution in [-0.2, 0) is 0 Å². The number of nitrogens with one attached hydrogen (secondary N) is 1. The minimum absolute atomic E-state index is 0.103. The van der Waals surface area contributed by atoms with Crippen LogP contribution in [0, 0.1) is 0 Å². The lowest BCUT2D eigenvalue weighted by Crippen LogP contribution is -2.13. The molecule has 110 valence electrons. The Morgan fingerprint density at radius 2 is 1.81 bits per heavy atom. The smallest absolute Gasteiger partial charge is 0.255 e. The van der Waals surface area contributed by atoms with Gasteiger partial charge < -0.3 is 10.1 Å². The van der Waals surface area contributed by atoms with Crippen molar-refractivity contribution in [2.24, 2.45) is 0 Å². The lowest BCUT2D eigenvalue weighted by Gasteiger charge is -2.15. The molecule has 0 heterocycles. The average molecular weight is 283 g/mol. The lowest BCUT2D eigenvalue weighted by molar-refractivity contribution is 0.102. The quantitative estimate of drug-likeness (QED) is 0.879. The van der Waals surface area contributed by atoms with Gasteiger partial charge in [-0.2, -0.15) is 0 Å². The minimum Gasteiger partial charge on any atom is -0.497 e.